The molecule has 3 nitrogen and oxygen atoms in total. The van der Waals surface area contributed by atoms with Gasteiger partial charge in [-0.3, -0.25) is 0 Å². The lowest BCUT2D eigenvalue weighted by Crippen LogP contribution is -2.23. The topological polar surface area (TPSA) is 37.8 Å². The molecule has 0 spiro atoms. The standard InChI is InChI=1S/C15H26BrN3/c1-8-9-17-12-10(16)11(14(2,3)4)18-13(19-12)15(5,6)7/h8-9H2,1-7H3,(H,17,18,19). The predicted octanol–water partition coefficient (Wildman–Crippen LogP) is 4.66. The van der Waals surface area contributed by atoms with Crippen molar-refractivity contribution in [1.29, 1.82) is 0 Å². The number of aromatic nitrogens is 2. The van der Waals surface area contributed by atoms with Gasteiger partial charge in [0.05, 0.1) is 10.2 Å². The lowest BCUT2D eigenvalue weighted by Gasteiger charge is -2.25. The van der Waals surface area contributed by atoms with E-state index in [1.165, 1.54) is 0 Å². The predicted molar refractivity (Wildman–Crippen MR) is 85.9 cm³/mol. The molecular formula is C15H26BrN3. The number of anilines is 1. The van der Waals surface area contributed by atoms with Crippen LogP contribution in [-0.2, 0) is 10.8 Å². The van der Waals surface area contributed by atoms with E-state index in [1.807, 2.05) is 0 Å². The van der Waals surface area contributed by atoms with Gasteiger partial charge in [0.2, 0.25) is 0 Å². The Morgan fingerprint density at radius 3 is 2.00 bits per heavy atom. The maximum Gasteiger partial charge on any atom is 0.144 e. The molecule has 1 aromatic rings. The maximum atomic E-state index is 4.79. The molecule has 1 aromatic heterocycles. The Morgan fingerprint density at radius 2 is 1.58 bits per heavy atom. The van der Waals surface area contributed by atoms with Crippen LogP contribution in [0.2, 0.25) is 0 Å². The summed E-state index contributed by atoms with van der Waals surface area (Å²) < 4.78 is 0.987. The molecule has 108 valence electrons. The average molecular weight is 328 g/mol. The van der Waals surface area contributed by atoms with E-state index in [0.717, 1.165) is 34.8 Å². The largest absolute Gasteiger partial charge is 0.369 e. The first-order valence-corrected chi connectivity index (χ1v) is 7.69. The van der Waals surface area contributed by atoms with Crippen LogP contribution in [0.1, 0.15) is 66.4 Å². The van der Waals surface area contributed by atoms with Crippen LogP contribution in [0.25, 0.3) is 0 Å². The van der Waals surface area contributed by atoms with Crippen molar-refractivity contribution in [3.8, 4) is 0 Å². The summed E-state index contributed by atoms with van der Waals surface area (Å²) in [6.07, 6.45) is 1.08. The Morgan fingerprint density at radius 1 is 1.00 bits per heavy atom. The average Bonchev–Trinajstić information content (AvgIpc) is 2.24. The van der Waals surface area contributed by atoms with E-state index in [0.29, 0.717) is 0 Å². The third-order valence-corrected chi connectivity index (χ3v) is 3.53. The molecule has 0 fully saturated rings. The number of rotatable bonds is 3. The number of halogens is 1. The number of nitrogens with one attached hydrogen (secondary N) is 1. The smallest absolute Gasteiger partial charge is 0.144 e. The Hall–Kier alpha value is -0.640. The second-order valence-electron chi connectivity index (χ2n) is 6.99. The summed E-state index contributed by atoms with van der Waals surface area (Å²) in [5.41, 5.74) is 0.999. The van der Waals surface area contributed by atoms with Crippen molar-refractivity contribution < 1.29 is 0 Å². The number of hydrogen-bond donors (Lipinski definition) is 1. The zero-order chi connectivity index (χ0) is 14.8. The molecule has 0 unspecified atom stereocenters. The summed E-state index contributed by atoms with van der Waals surface area (Å²) in [5.74, 6) is 1.80. The van der Waals surface area contributed by atoms with Gasteiger partial charge in [0.15, 0.2) is 0 Å². The van der Waals surface area contributed by atoms with Gasteiger partial charge < -0.3 is 5.32 Å². The van der Waals surface area contributed by atoms with Crippen LogP contribution >= 0.6 is 15.9 Å². The molecule has 0 amide bonds. The van der Waals surface area contributed by atoms with Gasteiger partial charge in [-0.25, -0.2) is 9.97 Å². The molecule has 0 saturated carbocycles. The van der Waals surface area contributed by atoms with Crippen molar-refractivity contribution in [1.82, 2.24) is 9.97 Å². The lowest BCUT2D eigenvalue weighted by molar-refractivity contribution is 0.512. The molecule has 0 bridgehead atoms. The molecule has 4 heteroatoms. The van der Waals surface area contributed by atoms with Gasteiger partial charge in [-0.15, -0.1) is 0 Å². The number of nitrogens with zero attached hydrogens (tertiary/aromatic N) is 2. The highest BCUT2D eigenvalue weighted by molar-refractivity contribution is 9.10. The van der Waals surface area contributed by atoms with Crippen molar-refractivity contribution in [2.24, 2.45) is 0 Å². The fourth-order valence-electron chi connectivity index (χ4n) is 1.64. The molecule has 1 N–H and O–H groups in total. The molecule has 0 aliphatic rings. The van der Waals surface area contributed by atoms with Gasteiger partial charge in [-0.2, -0.15) is 0 Å². The summed E-state index contributed by atoms with van der Waals surface area (Å²) in [6.45, 7) is 16.0. The first-order valence-electron chi connectivity index (χ1n) is 6.89. The molecule has 0 aromatic carbocycles. The lowest BCUT2D eigenvalue weighted by atomic mass is 9.90. The van der Waals surface area contributed by atoms with E-state index in [-0.39, 0.29) is 10.8 Å². The minimum Gasteiger partial charge on any atom is -0.369 e. The van der Waals surface area contributed by atoms with Gasteiger partial charge >= 0.3 is 0 Å². The van der Waals surface area contributed by atoms with Crippen molar-refractivity contribution in [3.63, 3.8) is 0 Å². The van der Waals surface area contributed by atoms with E-state index in [4.69, 9.17) is 4.98 Å². The summed E-state index contributed by atoms with van der Waals surface area (Å²) in [7, 11) is 0. The van der Waals surface area contributed by atoms with Crippen LogP contribution in [0.5, 0.6) is 0 Å². The quantitative estimate of drug-likeness (QED) is 0.877. The molecule has 0 radical (unpaired) electrons. The first-order chi connectivity index (χ1) is 8.57. The molecule has 0 saturated heterocycles. The Kier molecular flexibility index (Phi) is 4.99. The monoisotopic (exact) mass is 327 g/mol. The van der Waals surface area contributed by atoms with E-state index >= 15 is 0 Å². The summed E-state index contributed by atoms with van der Waals surface area (Å²) in [4.78, 5) is 9.47. The maximum absolute atomic E-state index is 4.79. The zero-order valence-corrected chi connectivity index (χ0v) is 14.8. The fraction of sp³-hybridized carbons (Fsp3) is 0.733. The van der Waals surface area contributed by atoms with Gasteiger partial charge in [0, 0.05) is 17.4 Å². The molecule has 1 heterocycles. The highest BCUT2D eigenvalue weighted by atomic mass is 79.9. The minimum atomic E-state index is -0.0522. The highest BCUT2D eigenvalue weighted by Crippen LogP contribution is 2.34. The van der Waals surface area contributed by atoms with Crippen LogP contribution in [-0.4, -0.2) is 16.5 Å². The van der Waals surface area contributed by atoms with E-state index < -0.39 is 0 Å². The van der Waals surface area contributed by atoms with Crippen LogP contribution in [0.3, 0.4) is 0 Å². The van der Waals surface area contributed by atoms with E-state index in [9.17, 15) is 0 Å². The summed E-state index contributed by atoms with van der Waals surface area (Å²) in [6, 6.07) is 0. The molecule has 0 atom stereocenters. The van der Waals surface area contributed by atoms with Crippen molar-refractivity contribution >= 4 is 21.7 Å². The van der Waals surface area contributed by atoms with Crippen LogP contribution < -0.4 is 5.32 Å². The third-order valence-electron chi connectivity index (χ3n) is 2.77. The van der Waals surface area contributed by atoms with Gasteiger partial charge in [-0.1, -0.05) is 48.5 Å². The molecule has 0 aliphatic heterocycles. The van der Waals surface area contributed by atoms with E-state index in [2.05, 4.69) is 74.7 Å². The summed E-state index contributed by atoms with van der Waals surface area (Å²) in [5, 5.41) is 3.39. The SMILES string of the molecule is CCCNc1nc(C(C)(C)C)nc(C(C)(C)C)c1Br. The van der Waals surface area contributed by atoms with Crippen LogP contribution in [0, 0.1) is 0 Å². The third kappa shape index (κ3) is 4.16. The van der Waals surface area contributed by atoms with Crippen molar-refractivity contribution in [3.05, 3.63) is 16.0 Å². The first kappa shape index (κ1) is 16.4. The molecule has 0 aliphatic carbocycles. The normalized spacial score (nSPS) is 12.6. The minimum absolute atomic E-state index is 0.00951. The Bertz CT molecular complexity index is 442. The molecule has 19 heavy (non-hydrogen) atoms. The van der Waals surface area contributed by atoms with Crippen LogP contribution in [0.4, 0.5) is 5.82 Å². The second-order valence-corrected chi connectivity index (χ2v) is 7.78. The highest BCUT2D eigenvalue weighted by Gasteiger charge is 2.26. The van der Waals surface area contributed by atoms with Gasteiger partial charge in [-0.05, 0) is 22.4 Å². The van der Waals surface area contributed by atoms with Crippen molar-refractivity contribution in [2.75, 3.05) is 11.9 Å². The van der Waals surface area contributed by atoms with Gasteiger partial charge in [0.1, 0.15) is 11.6 Å². The Balaban J connectivity index is 3.39. The zero-order valence-electron chi connectivity index (χ0n) is 13.2. The summed E-state index contributed by atoms with van der Waals surface area (Å²) >= 11 is 3.66. The second kappa shape index (κ2) is 5.78. The molecular weight excluding hydrogens is 302 g/mol. The Labute approximate surface area is 125 Å². The van der Waals surface area contributed by atoms with Crippen molar-refractivity contribution in [2.45, 2.75) is 65.7 Å². The molecule has 1 rings (SSSR count). The van der Waals surface area contributed by atoms with E-state index in [1.54, 1.807) is 0 Å². The van der Waals surface area contributed by atoms with Gasteiger partial charge in [0.25, 0.3) is 0 Å². The number of hydrogen-bond acceptors (Lipinski definition) is 3. The fourth-order valence-corrected chi connectivity index (χ4v) is 2.55. The van der Waals surface area contributed by atoms with Crippen LogP contribution in [0.15, 0.2) is 4.47 Å².